The fraction of sp³-hybridized carbons (Fsp3) is 0.462. The van der Waals surface area contributed by atoms with E-state index >= 15 is 0 Å². The number of benzene rings is 1. The number of carbonyl (C=O) groups excluding carboxylic acids is 1. The Labute approximate surface area is 101 Å². The predicted molar refractivity (Wildman–Crippen MR) is 65.5 cm³/mol. The first-order valence-corrected chi connectivity index (χ1v) is 5.79. The second-order valence-corrected chi connectivity index (χ2v) is 3.89. The van der Waals surface area contributed by atoms with E-state index in [-0.39, 0.29) is 18.3 Å². The number of carbonyl (C=O) groups is 1. The van der Waals surface area contributed by atoms with Crippen molar-refractivity contribution in [1.29, 1.82) is 0 Å². The Bertz CT molecular complexity index is 380. The molecule has 0 aliphatic rings. The summed E-state index contributed by atoms with van der Waals surface area (Å²) >= 11 is 0. The molecule has 17 heavy (non-hydrogen) atoms. The van der Waals surface area contributed by atoms with Crippen molar-refractivity contribution in [1.82, 2.24) is 0 Å². The normalized spacial score (nSPS) is 10.1. The largest absolute Gasteiger partial charge is 0.464 e. The maximum atomic E-state index is 13.0. The molecule has 1 rings (SSSR count). The molecule has 0 aliphatic carbocycles. The van der Waals surface area contributed by atoms with Gasteiger partial charge in [0.2, 0.25) is 0 Å². The number of unbranched alkanes of at least 4 members (excludes halogenated alkanes) is 1. The SMILES string of the molecule is CCCCOC(=O)CNc1ccc(F)c(C)c1. The van der Waals surface area contributed by atoms with Crippen LogP contribution in [0.25, 0.3) is 0 Å². The average Bonchev–Trinajstić information content (AvgIpc) is 2.31. The van der Waals surface area contributed by atoms with Crippen molar-refractivity contribution in [2.24, 2.45) is 0 Å². The molecule has 0 heterocycles. The standard InChI is InChI=1S/C13H18FNO2/c1-3-4-7-17-13(16)9-15-11-5-6-12(14)10(2)8-11/h5-6,8,15H,3-4,7,9H2,1-2H3. The first kappa shape index (κ1) is 13.5. The van der Waals surface area contributed by atoms with E-state index in [0.717, 1.165) is 18.5 Å². The Hall–Kier alpha value is -1.58. The zero-order valence-corrected chi connectivity index (χ0v) is 10.3. The van der Waals surface area contributed by atoms with Crippen LogP contribution in [0.1, 0.15) is 25.3 Å². The van der Waals surface area contributed by atoms with E-state index in [1.807, 2.05) is 6.92 Å². The van der Waals surface area contributed by atoms with E-state index in [1.165, 1.54) is 6.07 Å². The smallest absolute Gasteiger partial charge is 0.325 e. The van der Waals surface area contributed by atoms with Crippen molar-refractivity contribution in [3.05, 3.63) is 29.6 Å². The van der Waals surface area contributed by atoms with Crippen molar-refractivity contribution in [2.45, 2.75) is 26.7 Å². The molecule has 0 fully saturated rings. The Morgan fingerprint density at radius 3 is 2.88 bits per heavy atom. The Kier molecular flexibility index (Phi) is 5.46. The van der Waals surface area contributed by atoms with E-state index in [0.29, 0.717) is 12.2 Å². The molecule has 0 unspecified atom stereocenters. The number of nitrogens with one attached hydrogen (secondary N) is 1. The molecular weight excluding hydrogens is 221 g/mol. The fourth-order valence-corrected chi connectivity index (χ4v) is 1.31. The first-order chi connectivity index (χ1) is 8.13. The monoisotopic (exact) mass is 239 g/mol. The van der Waals surface area contributed by atoms with Crippen LogP contribution in [-0.4, -0.2) is 19.1 Å². The van der Waals surface area contributed by atoms with Gasteiger partial charge in [0, 0.05) is 5.69 Å². The van der Waals surface area contributed by atoms with Crippen LogP contribution in [0.15, 0.2) is 18.2 Å². The summed E-state index contributed by atoms with van der Waals surface area (Å²) in [7, 11) is 0. The van der Waals surface area contributed by atoms with Gasteiger partial charge >= 0.3 is 5.97 Å². The van der Waals surface area contributed by atoms with Gasteiger partial charge in [-0.3, -0.25) is 4.79 Å². The number of ether oxygens (including phenoxy) is 1. The summed E-state index contributed by atoms with van der Waals surface area (Å²) in [4.78, 5) is 11.3. The minimum atomic E-state index is -0.291. The highest BCUT2D eigenvalue weighted by Crippen LogP contribution is 2.13. The molecule has 0 atom stereocenters. The van der Waals surface area contributed by atoms with Gasteiger partial charge in [-0.15, -0.1) is 0 Å². The zero-order chi connectivity index (χ0) is 12.7. The van der Waals surface area contributed by atoms with E-state index < -0.39 is 0 Å². The van der Waals surface area contributed by atoms with Gasteiger partial charge in [0.05, 0.1) is 6.61 Å². The minimum Gasteiger partial charge on any atom is -0.464 e. The van der Waals surface area contributed by atoms with Crippen molar-refractivity contribution in [3.8, 4) is 0 Å². The van der Waals surface area contributed by atoms with Gasteiger partial charge in [-0.2, -0.15) is 0 Å². The van der Waals surface area contributed by atoms with Gasteiger partial charge in [-0.25, -0.2) is 4.39 Å². The molecule has 0 amide bonds. The molecule has 0 aromatic heterocycles. The maximum Gasteiger partial charge on any atom is 0.325 e. The molecule has 0 bridgehead atoms. The summed E-state index contributed by atoms with van der Waals surface area (Å²) in [5.74, 6) is -0.540. The van der Waals surface area contributed by atoms with E-state index in [1.54, 1.807) is 19.1 Å². The van der Waals surface area contributed by atoms with Crippen LogP contribution < -0.4 is 5.32 Å². The third kappa shape index (κ3) is 4.85. The van der Waals surface area contributed by atoms with Crippen molar-refractivity contribution in [3.63, 3.8) is 0 Å². The molecule has 94 valence electrons. The minimum absolute atomic E-state index is 0.106. The summed E-state index contributed by atoms with van der Waals surface area (Å²) in [6.07, 6.45) is 1.87. The van der Waals surface area contributed by atoms with Crippen LogP contribution in [0.5, 0.6) is 0 Å². The van der Waals surface area contributed by atoms with Crippen molar-refractivity contribution >= 4 is 11.7 Å². The quantitative estimate of drug-likeness (QED) is 0.612. The van der Waals surface area contributed by atoms with E-state index in [2.05, 4.69) is 5.32 Å². The average molecular weight is 239 g/mol. The van der Waals surface area contributed by atoms with Crippen molar-refractivity contribution in [2.75, 3.05) is 18.5 Å². The number of hydrogen-bond donors (Lipinski definition) is 1. The lowest BCUT2D eigenvalue weighted by molar-refractivity contribution is -0.141. The summed E-state index contributed by atoms with van der Waals surface area (Å²) in [5.41, 5.74) is 1.27. The molecule has 4 heteroatoms. The van der Waals surface area contributed by atoms with Gasteiger partial charge in [0.25, 0.3) is 0 Å². The zero-order valence-electron chi connectivity index (χ0n) is 10.3. The molecule has 3 nitrogen and oxygen atoms in total. The van der Waals surface area contributed by atoms with Crippen LogP contribution >= 0.6 is 0 Å². The Morgan fingerprint density at radius 1 is 1.47 bits per heavy atom. The number of hydrogen-bond acceptors (Lipinski definition) is 3. The van der Waals surface area contributed by atoms with Crippen LogP contribution in [0.4, 0.5) is 10.1 Å². The number of anilines is 1. The molecule has 1 N–H and O–H groups in total. The van der Waals surface area contributed by atoms with Crippen LogP contribution in [0, 0.1) is 12.7 Å². The van der Waals surface area contributed by atoms with Gasteiger partial charge in [-0.1, -0.05) is 13.3 Å². The fourth-order valence-electron chi connectivity index (χ4n) is 1.31. The highest BCUT2D eigenvalue weighted by atomic mass is 19.1. The van der Waals surface area contributed by atoms with Gasteiger partial charge < -0.3 is 10.1 Å². The molecule has 0 aliphatic heterocycles. The predicted octanol–water partition coefficient (Wildman–Crippen LogP) is 2.89. The molecular formula is C13H18FNO2. The Morgan fingerprint density at radius 2 is 2.24 bits per heavy atom. The molecule has 0 spiro atoms. The third-order valence-corrected chi connectivity index (χ3v) is 2.36. The number of aryl methyl sites for hydroxylation is 1. The lowest BCUT2D eigenvalue weighted by Gasteiger charge is -2.07. The van der Waals surface area contributed by atoms with Crippen LogP contribution in [0.3, 0.4) is 0 Å². The number of rotatable bonds is 6. The highest BCUT2D eigenvalue weighted by Gasteiger charge is 2.03. The van der Waals surface area contributed by atoms with Crippen LogP contribution in [-0.2, 0) is 9.53 Å². The third-order valence-electron chi connectivity index (χ3n) is 2.36. The van der Waals surface area contributed by atoms with Gasteiger partial charge in [0.1, 0.15) is 12.4 Å². The van der Waals surface area contributed by atoms with Gasteiger partial charge in [0.15, 0.2) is 0 Å². The number of halogens is 1. The molecule has 0 saturated heterocycles. The first-order valence-electron chi connectivity index (χ1n) is 5.79. The highest BCUT2D eigenvalue weighted by molar-refractivity contribution is 5.75. The maximum absolute atomic E-state index is 13.0. The van der Waals surface area contributed by atoms with Crippen LogP contribution in [0.2, 0.25) is 0 Å². The van der Waals surface area contributed by atoms with E-state index in [9.17, 15) is 9.18 Å². The lowest BCUT2D eigenvalue weighted by Crippen LogP contribution is -2.17. The van der Waals surface area contributed by atoms with E-state index in [4.69, 9.17) is 4.74 Å². The summed E-state index contributed by atoms with van der Waals surface area (Å²) < 4.78 is 18.0. The second kappa shape index (κ2) is 6.89. The second-order valence-electron chi connectivity index (χ2n) is 3.89. The topological polar surface area (TPSA) is 38.3 Å². The molecule has 0 saturated carbocycles. The molecule has 0 radical (unpaired) electrons. The van der Waals surface area contributed by atoms with Crippen molar-refractivity contribution < 1.29 is 13.9 Å². The lowest BCUT2D eigenvalue weighted by atomic mass is 10.2. The molecule has 1 aromatic carbocycles. The summed E-state index contributed by atoms with van der Waals surface area (Å²) in [6.45, 7) is 4.28. The number of esters is 1. The summed E-state index contributed by atoms with van der Waals surface area (Å²) in [6, 6.07) is 4.64. The summed E-state index contributed by atoms with van der Waals surface area (Å²) in [5, 5.41) is 2.90. The molecule has 1 aromatic rings. The Balaban J connectivity index is 2.34. The van der Waals surface area contributed by atoms with Gasteiger partial charge in [-0.05, 0) is 37.1 Å².